The van der Waals surface area contributed by atoms with Gasteiger partial charge in [-0.25, -0.2) is 8.78 Å². The van der Waals surface area contributed by atoms with Crippen LogP contribution in [-0.4, -0.2) is 36.4 Å². The van der Waals surface area contributed by atoms with Crippen LogP contribution in [-0.2, 0) is 14.4 Å². The number of anilines is 2. The smallest absolute Gasteiger partial charge is 0.255 e. The third-order valence-corrected chi connectivity index (χ3v) is 6.49. The lowest BCUT2D eigenvalue weighted by Gasteiger charge is -2.16. The van der Waals surface area contributed by atoms with Crippen LogP contribution in [0.25, 0.3) is 10.9 Å². The Labute approximate surface area is 232 Å². The van der Waals surface area contributed by atoms with Crippen LogP contribution in [0.15, 0.2) is 66.9 Å². The Morgan fingerprint density at radius 3 is 2.20 bits per heavy atom. The van der Waals surface area contributed by atoms with Crippen molar-refractivity contribution in [2.24, 2.45) is 11.1 Å². The molecule has 1 aliphatic rings. The summed E-state index contributed by atoms with van der Waals surface area (Å²) < 4.78 is 44.8. The van der Waals surface area contributed by atoms with Crippen molar-refractivity contribution in [2.75, 3.05) is 24.4 Å². The number of hydrogen-bond donors (Lipinski definition) is 3. The Morgan fingerprint density at radius 1 is 0.878 bits per heavy atom. The number of carbonyl (C=O) groups is 3. The molecule has 3 amide bonds. The Hall–Kier alpha value is -5.26. The number of nitrogens with two attached hydrogens (primary N) is 1. The summed E-state index contributed by atoms with van der Waals surface area (Å²) in [6, 6.07) is 13.7. The molecule has 1 heterocycles. The van der Waals surface area contributed by atoms with Gasteiger partial charge in [0.15, 0.2) is 29.7 Å². The van der Waals surface area contributed by atoms with Crippen LogP contribution < -0.4 is 30.6 Å². The molecule has 210 valence electrons. The van der Waals surface area contributed by atoms with E-state index in [1.807, 2.05) is 0 Å². The molecule has 0 aliphatic heterocycles. The van der Waals surface area contributed by atoms with Gasteiger partial charge < -0.3 is 30.6 Å². The average molecular weight is 563 g/mol. The van der Waals surface area contributed by atoms with E-state index in [1.54, 1.807) is 12.1 Å². The van der Waals surface area contributed by atoms with Gasteiger partial charge in [0, 0.05) is 35.1 Å². The van der Waals surface area contributed by atoms with Gasteiger partial charge in [0.05, 0.1) is 12.6 Å². The molecule has 41 heavy (non-hydrogen) atoms. The van der Waals surface area contributed by atoms with E-state index in [9.17, 15) is 18.8 Å². The average Bonchev–Trinajstić information content (AvgIpc) is 3.77. The van der Waals surface area contributed by atoms with Crippen LogP contribution in [0, 0.1) is 17.0 Å². The first-order valence-electron chi connectivity index (χ1n) is 12.4. The van der Waals surface area contributed by atoms with Gasteiger partial charge in [0.1, 0.15) is 17.0 Å². The summed E-state index contributed by atoms with van der Waals surface area (Å²) in [6.45, 7) is -0.355. The van der Waals surface area contributed by atoms with Crippen molar-refractivity contribution in [1.82, 2.24) is 4.98 Å². The van der Waals surface area contributed by atoms with Crippen molar-refractivity contribution in [2.45, 2.75) is 12.8 Å². The number of nitrogens with zero attached hydrogens (tertiary/aromatic N) is 1. The van der Waals surface area contributed by atoms with Crippen LogP contribution >= 0.6 is 0 Å². The predicted molar refractivity (Wildman–Crippen MR) is 145 cm³/mol. The first kappa shape index (κ1) is 27.3. The van der Waals surface area contributed by atoms with E-state index in [0.29, 0.717) is 29.4 Å². The lowest BCUT2D eigenvalue weighted by Crippen LogP contribution is -2.35. The molecule has 12 heteroatoms. The van der Waals surface area contributed by atoms with Crippen molar-refractivity contribution in [3.05, 3.63) is 78.5 Å². The van der Waals surface area contributed by atoms with Crippen LogP contribution in [0.5, 0.6) is 23.0 Å². The number of ether oxygens (including phenoxy) is 3. The molecule has 1 fully saturated rings. The zero-order valence-corrected chi connectivity index (χ0v) is 21.7. The molecule has 10 nitrogen and oxygen atoms in total. The zero-order chi connectivity index (χ0) is 29.1. The standard InChI is InChI=1S/C29H24F2N4O6/c1-39-24-13-19-21(14-25(24)40-15-26(32)36)33-11-8-22(19)41-23-7-6-18(12-20(23)31)35-28(38)29(9-10-29)27(37)34-17-4-2-16(30)3-5-17/h2-8,11-14H,9-10,15H2,1H3,(H2,32,36)(H,34,37)(H,35,38). The highest BCUT2D eigenvalue weighted by molar-refractivity contribution is 6.16. The summed E-state index contributed by atoms with van der Waals surface area (Å²) >= 11 is 0. The monoisotopic (exact) mass is 562 g/mol. The molecule has 0 radical (unpaired) electrons. The number of halogens is 2. The number of nitrogens with one attached hydrogen (secondary N) is 2. The maximum absolute atomic E-state index is 15.1. The van der Waals surface area contributed by atoms with E-state index in [2.05, 4.69) is 15.6 Å². The van der Waals surface area contributed by atoms with E-state index in [0.717, 1.165) is 6.07 Å². The van der Waals surface area contributed by atoms with Crippen LogP contribution in [0.4, 0.5) is 20.2 Å². The lowest BCUT2D eigenvalue weighted by atomic mass is 10.0. The first-order valence-corrected chi connectivity index (χ1v) is 12.4. The predicted octanol–water partition coefficient (Wildman–Crippen LogP) is 4.54. The molecule has 0 bridgehead atoms. The fourth-order valence-electron chi connectivity index (χ4n) is 4.14. The molecular formula is C29H24F2N4O6. The number of rotatable bonds is 10. The van der Waals surface area contributed by atoms with Gasteiger partial charge in [-0.05, 0) is 61.4 Å². The number of hydrogen-bond acceptors (Lipinski definition) is 7. The second kappa shape index (κ2) is 11.1. The van der Waals surface area contributed by atoms with Crippen molar-refractivity contribution in [3.8, 4) is 23.0 Å². The summed E-state index contributed by atoms with van der Waals surface area (Å²) in [5.41, 5.74) is 4.78. The lowest BCUT2D eigenvalue weighted by molar-refractivity contribution is -0.131. The van der Waals surface area contributed by atoms with Crippen molar-refractivity contribution >= 4 is 40.0 Å². The van der Waals surface area contributed by atoms with Crippen LogP contribution in [0.1, 0.15) is 12.8 Å². The second-order valence-electron chi connectivity index (χ2n) is 9.33. The minimum atomic E-state index is -1.30. The van der Waals surface area contributed by atoms with E-state index < -0.39 is 34.8 Å². The molecule has 4 N–H and O–H groups in total. The topological polar surface area (TPSA) is 142 Å². The maximum atomic E-state index is 15.1. The molecule has 0 spiro atoms. The highest BCUT2D eigenvalue weighted by Crippen LogP contribution is 2.47. The second-order valence-corrected chi connectivity index (χ2v) is 9.33. The van der Waals surface area contributed by atoms with Crippen LogP contribution in [0.2, 0.25) is 0 Å². The fourth-order valence-corrected chi connectivity index (χ4v) is 4.14. The molecular weight excluding hydrogens is 538 g/mol. The SMILES string of the molecule is COc1cc2c(Oc3ccc(NC(=O)C4(C(=O)Nc5ccc(F)cc5)CC4)cc3F)ccnc2cc1OCC(N)=O. The minimum Gasteiger partial charge on any atom is -0.493 e. The molecule has 3 aromatic carbocycles. The van der Waals surface area contributed by atoms with Gasteiger partial charge in [-0.15, -0.1) is 0 Å². The number of fused-ring (bicyclic) bond motifs is 1. The van der Waals surface area contributed by atoms with E-state index in [1.165, 1.54) is 55.8 Å². The molecule has 0 saturated heterocycles. The molecule has 0 atom stereocenters. The van der Waals surface area contributed by atoms with E-state index in [-0.39, 0.29) is 35.3 Å². The van der Waals surface area contributed by atoms with Crippen LogP contribution in [0.3, 0.4) is 0 Å². The van der Waals surface area contributed by atoms with Gasteiger partial charge in [-0.3, -0.25) is 19.4 Å². The summed E-state index contributed by atoms with van der Waals surface area (Å²) in [5.74, 6) is -2.30. The summed E-state index contributed by atoms with van der Waals surface area (Å²) in [7, 11) is 1.42. The number of carbonyl (C=O) groups excluding carboxylic acids is 3. The van der Waals surface area contributed by atoms with Gasteiger partial charge in [-0.1, -0.05) is 0 Å². The molecule has 5 rings (SSSR count). The largest absolute Gasteiger partial charge is 0.493 e. The number of pyridine rings is 1. The Kier molecular flexibility index (Phi) is 7.38. The fraction of sp³-hybridized carbons (Fsp3) is 0.172. The van der Waals surface area contributed by atoms with Crippen molar-refractivity contribution < 1.29 is 37.4 Å². The number of primary amides is 1. The number of benzene rings is 3. The first-order chi connectivity index (χ1) is 19.7. The molecule has 1 aliphatic carbocycles. The quantitative estimate of drug-likeness (QED) is 0.241. The van der Waals surface area contributed by atoms with E-state index in [4.69, 9.17) is 19.9 Å². The number of aromatic nitrogens is 1. The third-order valence-electron chi connectivity index (χ3n) is 6.49. The van der Waals surface area contributed by atoms with Crippen molar-refractivity contribution in [1.29, 1.82) is 0 Å². The Balaban J connectivity index is 1.30. The molecule has 1 aromatic heterocycles. The summed E-state index contributed by atoms with van der Waals surface area (Å²) in [6.07, 6.45) is 2.10. The molecule has 4 aromatic rings. The highest BCUT2D eigenvalue weighted by Gasteiger charge is 2.56. The third kappa shape index (κ3) is 5.86. The normalized spacial score (nSPS) is 13.2. The van der Waals surface area contributed by atoms with Gasteiger partial charge in [-0.2, -0.15) is 0 Å². The van der Waals surface area contributed by atoms with Gasteiger partial charge in [0.25, 0.3) is 5.91 Å². The van der Waals surface area contributed by atoms with Gasteiger partial charge >= 0.3 is 0 Å². The summed E-state index contributed by atoms with van der Waals surface area (Å²) in [5, 5.41) is 5.70. The molecule has 0 unspecified atom stereocenters. The number of methoxy groups -OCH3 is 1. The van der Waals surface area contributed by atoms with Crippen molar-refractivity contribution in [3.63, 3.8) is 0 Å². The highest BCUT2D eigenvalue weighted by atomic mass is 19.1. The van der Waals surface area contributed by atoms with E-state index >= 15 is 4.39 Å². The number of amides is 3. The zero-order valence-electron chi connectivity index (χ0n) is 21.7. The van der Waals surface area contributed by atoms with Gasteiger partial charge in [0.2, 0.25) is 11.8 Å². The minimum absolute atomic E-state index is 0.126. The Morgan fingerprint density at radius 2 is 1.56 bits per heavy atom. The Bertz CT molecular complexity index is 1660. The molecule has 1 saturated carbocycles. The maximum Gasteiger partial charge on any atom is 0.255 e. The summed E-state index contributed by atoms with van der Waals surface area (Å²) in [4.78, 5) is 41.1.